The molecule has 2 heterocycles. The predicted octanol–water partition coefficient (Wildman–Crippen LogP) is 2.27. The van der Waals surface area contributed by atoms with Gasteiger partial charge in [0.2, 0.25) is 0 Å². The van der Waals surface area contributed by atoms with E-state index in [0.717, 1.165) is 62.9 Å². The summed E-state index contributed by atoms with van der Waals surface area (Å²) in [6, 6.07) is 6.29. The third-order valence-electron chi connectivity index (χ3n) is 5.59. The van der Waals surface area contributed by atoms with E-state index in [0.29, 0.717) is 5.92 Å². The molecule has 8 heteroatoms. The molecule has 0 spiro atoms. The molecule has 1 aliphatic rings. The second kappa shape index (κ2) is 10.0. The molecule has 1 fully saturated rings. The molecule has 0 N–H and O–H groups in total. The minimum absolute atomic E-state index is 0.254. The molecule has 1 atom stereocenters. The standard InChI is InChI=1S/C21H34N6O2/c1-16(2)14-18(26-12-10-25(3)11-13-26)21-22-23-24-27(21)9-8-17-6-7-19(28-4)20(15-17)29-5/h6-7,15-16,18H,8-14H2,1-5H3/t18-/m0/s1. The SMILES string of the molecule is COc1ccc(CCn2nnnc2[C@H](CC(C)C)N2CCN(C)CC2)cc1OC. The number of methoxy groups -OCH3 is 2. The third-order valence-corrected chi connectivity index (χ3v) is 5.59. The molecule has 0 amide bonds. The van der Waals surface area contributed by atoms with Crippen LogP contribution in [0.25, 0.3) is 0 Å². The molecule has 2 aromatic rings. The quantitative estimate of drug-likeness (QED) is 0.637. The van der Waals surface area contributed by atoms with Crippen LogP contribution in [-0.2, 0) is 13.0 Å². The number of hydrogen-bond donors (Lipinski definition) is 0. The van der Waals surface area contributed by atoms with Crippen LogP contribution >= 0.6 is 0 Å². The van der Waals surface area contributed by atoms with Crippen molar-refractivity contribution in [3.63, 3.8) is 0 Å². The van der Waals surface area contributed by atoms with Gasteiger partial charge in [-0.05, 0) is 53.9 Å². The van der Waals surface area contributed by atoms with Gasteiger partial charge in [-0.3, -0.25) is 4.90 Å². The van der Waals surface area contributed by atoms with Crippen LogP contribution in [0.3, 0.4) is 0 Å². The Morgan fingerprint density at radius 2 is 1.76 bits per heavy atom. The van der Waals surface area contributed by atoms with Gasteiger partial charge in [-0.1, -0.05) is 19.9 Å². The van der Waals surface area contributed by atoms with Crippen molar-refractivity contribution in [3.05, 3.63) is 29.6 Å². The van der Waals surface area contributed by atoms with Crippen molar-refractivity contribution in [2.45, 2.75) is 39.3 Å². The zero-order valence-corrected chi connectivity index (χ0v) is 18.3. The summed E-state index contributed by atoms with van der Waals surface area (Å²) in [5.41, 5.74) is 1.17. The fraction of sp³-hybridized carbons (Fsp3) is 0.667. The summed E-state index contributed by atoms with van der Waals surface area (Å²) in [6.45, 7) is 9.54. The van der Waals surface area contributed by atoms with Crippen LogP contribution in [-0.4, -0.2) is 77.5 Å². The van der Waals surface area contributed by atoms with E-state index < -0.39 is 0 Å². The Labute approximate surface area is 173 Å². The lowest BCUT2D eigenvalue weighted by Crippen LogP contribution is -2.46. The van der Waals surface area contributed by atoms with Crippen LogP contribution in [0, 0.1) is 5.92 Å². The monoisotopic (exact) mass is 402 g/mol. The van der Waals surface area contributed by atoms with E-state index in [4.69, 9.17) is 9.47 Å². The summed E-state index contributed by atoms with van der Waals surface area (Å²) in [5, 5.41) is 12.8. The number of piperazine rings is 1. The molecule has 3 rings (SSSR count). The number of aromatic nitrogens is 4. The minimum atomic E-state index is 0.254. The minimum Gasteiger partial charge on any atom is -0.493 e. The van der Waals surface area contributed by atoms with E-state index in [1.54, 1.807) is 14.2 Å². The van der Waals surface area contributed by atoms with Crippen molar-refractivity contribution in [3.8, 4) is 11.5 Å². The Morgan fingerprint density at radius 3 is 2.41 bits per heavy atom. The topological polar surface area (TPSA) is 68.5 Å². The Bertz CT molecular complexity index is 770. The van der Waals surface area contributed by atoms with Crippen molar-refractivity contribution in [2.75, 3.05) is 47.4 Å². The second-order valence-corrected chi connectivity index (χ2v) is 8.18. The van der Waals surface area contributed by atoms with Crippen molar-refractivity contribution in [2.24, 2.45) is 5.92 Å². The number of ether oxygens (including phenoxy) is 2. The van der Waals surface area contributed by atoms with E-state index in [1.807, 2.05) is 16.8 Å². The number of nitrogens with zero attached hydrogens (tertiary/aromatic N) is 6. The number of aryl methyl sites for hydroxylation is 2. The van der Waals surface area contributed by atoms with Crippen molar-refractivity contribution < 1.29 is 9.47 Å². The molecule has 0 radical (unpaired) electrons. The molecule has 160 valence electrons. The molecular weight excluding hydrogens is 368 g/mol. The summed E-state index contributed by atoms with van der Waals surface area (Å²) in [6.07, 6.45) is 1.88. The zero-order chi connectivity index (χ0) is 20.8. The highest BCUT2D eigenvalue weighted by atomic mass is 16.5. The van der Waals surface area contributed by atoms with Crippen molar-refractivity contribution in [1.29, 1.82) is 0 Å². The van der Waals surface area contributed by atoms with Crippen LogP contribution in [0.2, 0.25) is 0 Å². The Kier molecular flexibility index (Phi) is 7.44. The van der Waals surface area contributed by atoms with Crippen LogP contribution in [0.4, 0.5) is 0 Å². The van der Waals surface area contributed by atoms with Gasteiger partial charge in [-0.25, -0.2) is 4.68 Å². The summed E-state index contributed by atoms with van der Waals surface area (Å²) in [5.74, 6) is 3.04. The lowest BCUT2D eigenvalue weighted by Gasteiger charge is -2.38. The molecule has 8 nitrogen and oxygen atoms in total. The van der Waals surface area contributed by atoms with E-state index >= 15 is 0 Å². The van der Waals surface area contributed by atoms with Gasteiger partial charge in [0.25, 0.3) is 0 Å². The summed E-state index contributed by atoms with van der Waals surface area (Å²) in [7, 11) is 5.49. The molecular formula is C21H34N6O2. The molecule has 1 aliphatic heterocycles. The summed E-state index contributed by atoms with van der Waals surface area (Å²) >= 11 is 0. The van der Waals surface area contributed by atoms with Gasteiger partial charge in [-0.15, -0.1) is 5.10 Å². The second-order valence-electron chi connectivity index (χ2n) is 8.18. The Balaban J connectivity index is 1.74. The molecule has 0 bridgehead atoms. The van der Waals surface area contributed by atoms with Gasteiger partial charge in [0.05, 0.1) is 20.3 Å². The fourth-order valence-corrected chi connectivity index (χ4v) is 3.88. The van der Waals surface area contributed by atoms with Crippen LogP contribution in [0.5, 0.6) is 11.5 Å². The zero-order valence-electron chi connectivity index (χ0n) is 18.3. The predicted molar refractivity (Wildman–Crippen MR) is 112 cm³/mol. The van der Waals surface area contributed by atoms with E-state index in [2.05, 4.69) is 52.3 Å². The van der Waals surface area contributed by atoms with Gasteiger partial charge in [-0.2, -0.15) is 0 Å². The average molecular weight is 403 g/mol. The molecule has 0 aliphatic carbocycles. The number of hydrogen-bond acceptors (Lipinski definition) is 7. The highest BCUT2D eigenvalue weighted by molar-refractivity contribution is 5.42. The maximum atomic E-state index is 5.42. The summed E-state index contributed by atoms with van der Waals surface area (Å²) < 4.78 is 12.7. The van der Waals surface area contributed by atoms with Crippen LogP contribution in [0.1, 0.15) is 37.7 Å². The molecule has 1 saturated heterocycles. The van der Waals surface area contributed by atoms with Crippen molar-refractivity contribution in [1.82, 2.24) is 30.0 Å². The molecule has 1 aromatic carbocycles. The largest absolute Gasteiger partial charge is 0.493 e. The first-order valence-corrected chi connectivity index (χ1v) is 10.4. The van der Waals surface area contributed by atoms with Crippen LogP contribution in [0.15, 0.2) is 18.2 Å². The lowest BCUT2D eigenvalue weighted by atomic mass is 10.0. The first kappa shape index (κ1) is 21.5. The highest BCUT2D eigenvalue weighted by Gasteiger charge is 2.29. The normalized spacial score (nSPS) is 16.9. The van der Waals surface area contributed by atoms with Gasteiger partial charge >= 0.3 is 0 Å². The number of benzene rings is 1. The molecule has 0 saturated carbocycles. The number of likely N-dealkylation sites (N-methyl/N-ethyl adjacent to an activating group) is 1. The molecule has 1 aromatic heterocycles. The molecule has 0 unspecified atom stereocenters. The van der Waals surface area contributed by atoms with Gasteiger partial charge < -0.3 is 14.4 Å². The van der Waals surface area contributed by atoms with E-state index in [9.17, 15) is 0 Å². The Morgan fingerprint density at radius 1 is 1.03 bits per heavy atom. The fourth-order valence-electron chi connectivity index (χ4n) is 3.88. The molecule has 29 heavy (non-hydrogen) atoms. The van der Waals surface area contributed by atoms with Crippen LogP contribution < -0.4 is 9.47 Å². The first-order chi connectivity index (χ1) is 14.0. The maximum Gasteiger partial charge on any atom is 0.168 e. The Hall–Kier alpha value is -2.19. The number of rotatable bonds is 9. The lowest BCUT2D eigenvalue weighted by molar-refractivity contribution is 0.0931. The number of tetrazole rings is 1. The van der Waals surface area contributed by atoms with Gasteiger partial charge in [0, 0.05) is 32.7 Å². The smallest absolute Gasteiger partial charge is 0.168 e. The third kappa shape index (κ3) is 5.45. The van der Waals surface area contributed by atoms with E-state index in [1.165, 1.54) is 5.56 Å². The maximum absolute atomic E-state index is 5.42. The van der Waals surface area contributed by atoms with Gasteiger partial charge in [0.1, 0.15) is 0 Å². The first-order valence-electron chi connectivity index (χ1n) is 10.4. The summed E-state index contributed by atoms with van der Waals surface area (Å²) in [4.78, 5) is 4.92. The van der Waals surface area contributed by atoms with E-state index in [-0.39, 0.29) is 6.04 Å². The van der Waals surface area contributed by atoms with Crippen molar-refractivity contribution >= 4 is 0 Å². The highest BCUT2D eigenvalue weighted by Crippen LogP contribution is 2.29. The average Bonchev–Trinajstić information content (AvgIpc) is 3.19. The van der Waals surface area contributed by atoms with Gasteiger partial charge in [0.15, 0.2) is 17.3 Å².